The van der Waals surface area contributed by atoms with E-state index in [0.717, 1.165) is 12.8 Å². The summed E-state index contributed by atoms with van der Waals surface area (Å²) in [7, 11) is -3.53. The predicted molar refractivity (Wildman–Crippen MR) is 89.8 cm³/mol. The molecule has 2 heterocycles. The quantitative estimate of drug-likeness (QED) is 0.737. The highest BCUT2D eigenvalue weighted by Crippen LogP contribution is 2.10. The zero-order chi connectivity index (χ0) is 16.9. The molecule has 126 valence electrons. The van der Waals surface area contributed by atoms with Crippen molar-refractivity contribution in [3.8, 4) is 0 Å². The van der Waals surface area contributed by atoms with Gasteiger partial charge >= 0.3 is 0 Å². The molecule has 6 nitrogen and oxygen atoms in total. The molecule has 0 N–H and O–H groups in total. The number of imidazole rings is 1. The third-order valence-corrected chi connectivity index (χ3v) is 4.89. The average molecular weight is 337 g/mol. The molecule has 0 saturated heterocycles. The van der Waals surface area contributed by atoms with Gasteiger partial charge < -0.3 is 9.30 Å². The number of hydrogen-bond acceptors (Lipinski definition) is 4. The molecule has 1 amide bonds. The fourth-order valence-corrected chi connectivity index (χ4v) is 3.76. The Labute approximate surface area is 137 Å². The van der Waals surface area contributed by atoms with Crippen molar-refractivity contribution in [2.45, 2.75) is 32.4 Å². The lowest BCUT2D eigenvalue weighted by molar-refractivity contribution is -0.128. The minimum Gasteiger partial charge on any atom is -0.342 e. The molecule has 0 spiro atoms. The van der Waals surface area contributed by atoms with E-state index in [-0.39, 0.29) is 11.7 Å². The normalized spacial score (nSPS) is 11.7. The summed E-state index contributed by atoms with van der Waals surface area (Å²) in [6.45, 7) is 5.13. The first kappa shape index (κ1) is 17.5. The number of sulfone groups is 1. The Kier molecular flexibility index (Phi) is 5.76. The minimum absolute atomic E-state index is 0.216. The highest BCUT2D eigenvalue weighted by Gasteiger charge is 2.22. The molecule has 2 rings (SSSR count). The van der Waals surface area contributed by atoms with Crippen LogP contribution in [0.1, 0.15) is 32.4 Å². The van der Waals surface area contributed by atoms with Crippen LogP contribution in [0.25, 0.3) is 5.65 Å². The molecule has 0 unspecified atom stereocenters. The zero-order valence-electron chi connectivity index (χ0n) is 13.6. The molecule has 0 aliphatic carbocycles. The summed E-state index contributed by atoms with van der Waals surface area (Å²) in [5.41, 5.74) is 1.16. The second-order valence-electron chi connectivity index (χ2n) is 5.61. The summed E-state index contributed by atoms with van der Waals surface area (Å²) in [6, 6.07) is 5.51. The molecular formula is C16H23N3O3S. The van der Waals surface area contributed by atoms with E-state index < -0.39 is 15.6 Å². The molecule has 2 aromatic heterocycles. The van der Waals surface area contributed by atoms with E-state index in [9.17, 15) is 13.2 Å². The second-order valence-corrected chi connectivity index (χ2v) is 7.68. The van der Waals surface area contributed by atoms with Crippen LogP contribution in [0.2, 0.25) is 0 Å². The van der Waals surface area contributed by atoms with Crippen LogP contribution in [-0.2, 0) is 20.4 Å². The Balaban J connectivity index is 2.07. The van der Waals surface area contributed by atoms with Gasteiger partial charge in [0.1, 0.15) is 11.4 Å². The summed E-state index contributed by atoms with van der Waals surface area (Å²) in [4.78, 5) is 18.1. The van der Waals surface area contributed by atoms with Gasteiger partial charge in [-0.05, 0) is 25.0 Å². The lowest BCUT2D eigenvalue weighted by atomic mass is 10.3. The van der Waals surface area contributed by atoms with Crippen molar-refractivity contribution < 1.29 is 13.2 Å². The van der Waals surface area contributed by atoms with Gasteiger partial charge in [0.15, 0.2) is 9.84 Å². The molecule has 0 aliphatic rings. The molecule has 0 radical (unpaired) electrons. The molecule has 0 saturated carbocycles. The standard InChI is InChI=1S/C16H23N3O3S/c1-3-8-18(9-4-2)16(20)13-23(21,22)12-14-11-19-10-6-5-7-15(19)17-14/h5-7,10-11H,3-4,8-9,12-13H2,1-2H3. The van der Waals surface area contributed by atoms with Gasteiger partial charge in [-0.15, -0.1) is 0 Å². The van der Waals surface area contributed by atoms with E-state index in [4.69, 9.17) is 0 Å². The number of amides is 1. The van der Waals surface area contributed by atoms with Gasteiger partial charge in [-0.2, -0.15) is 0 Å². The van der Waals surface area contributed by atoms with Crippen LogP contribution in [0.5, 0.6) is 0 Å². The molecule has 0 aliphatic heterocycles. The van der Waals surface area contributed by atoms with Crippen LogP contribution in [0.3, 0.4) is 0 Å². The van der Waals surface area contributed by atoms with Gasteiger partial charge in [-0.3, -0.25) is 4.79 Å². The SMILES string of the molecule is CCCN(CCC)C(=O)CS(=O)(=O)Cc1cn2ccccc2n1. The van der Waals surface area contributed by atoms with Crippen molar-refractivity contribution >= 4 is 21.4 Å². The Hall–Kier alpha value is -1.89. The number of carbonyl (C=O) groups excluding carboxylic acids is 1. The van der Waals surface area contributed by atoms with Gasteiger partial charge in [0.2, 0.25) is 5.91 Å². The number of fused-ring (bicyclic) bond motifs is 1. The van der Waals surface area contributed by atoms with Crippen LogP contribution >= 0.6 is 0 Å². The first-order chi connectivity index (χ1) is 10.9. The molecule has 0 bridgehead atoms. The first-order valence-electron chi connectivity index (χ1n) is 7.86. The number of pyridine rings is 1. The lowest BCUT2D eigenvalue weighted by Gasteiger charge is -2.21. The molecule has 0 fully saturated rings. The van der Waals surface area contributed by atoms with E-state index in [1.165, 1.54) is 0 Å². The summed E-state index contributed by atoms with van der Waals surface area (Å²) < 4.78 is 26.4. The highest BCUT2D eigenvalue weighted by molar-refractivity contribution is 7.91. The number of nitrogens with zero attached hydrogens (tertiary/aromatic N) is 3. The highest BCUT2D eigenvalue weighted by atomic mass is 32.2. The lowest BCUT2D eigenvalue weighted by Crippen LogP contribution is -2.37. The Morgan fingerprint density at radius 2 is 1.91 bits per heavy atom. The molecular weight excluding hydrogens is 314 g/mol. The van der Waals surface area contributed by atoms with E-state index in [0.29, 0.717) is 24.4 Å². The van der Waals surface area contributed by atoms with Crippen molar-refractivity contribution in [2.24, 2.45) is 0 Å². The molecule has 0 aromatic carbocycles. The van der Waals surface area contributed by atoms with E-state index in [1.54, 1.807) is 15.5 Å². The van der Waals surface area contributed by atoms with E-state index in [2.05, 4.69) is 4.98 Å². The Morgan fingerprint density at radius 3 is 2.52 bits per heavy atom. The fourth-order valence-electron chi connectivity index (χ4n) is 2.51. The molecule has 7 heteroatoms. The average Bonchev–Trinajstić information content (AvgIpc) is 2.87. The molecule has 23 heavy (non-hydrogen) atoms. The maximum atomic E-state index is 12.3. The topological polar surface area (TPSA) is 71.8 Å². The predicted octanol–water partition coefficient (Wildman–Crippen LogP) is 1.90. The van der Waals surface area contributed by atoms with Gasteiger partial charge in [0.05, 0.1) is 11.4 Å². The third-order valence-electron chi connectivity index (χ3n) is 3.46. The summed E-state index contributed by atoms with van der Waals surface area (Å²) in [5, 5.41) is 0. The largest absolute Gasteiger partial charge is 0.342 e. The van der Waals surface area contributed by atoms with Crippen molar-refractivity contribution in [2.75, 3.05) is 18.8 Å². The van der Waals surface area contributed by atoms with Gasteiger partial charge in [-0.1, -0.05) is 19.9 Å². The first-order valence-corrected chi connectivity index (χ1v) is 9.68. The number of hydrogen-bond donors (Lipinski definition) is 0. The van der Waals surface area contributed by atoms with Gasteiger partial charge in [0.25, 0.3) is 0 Å². The minimum atomic E-state index is -3.53. The van der Waals surface area contributed by atoms with Crippen LogP contribution < -0.4 is 0 Å². The summed E-state index contributed by atoms with van der Waals surface area (Å²) >= 11 is 0. The smallest absolute Gasteiger partial charge is 0.237 e. The van der Waals surface area contributed by atoms with Crippen molar-refractivity contribution in [1.29, 1.82) is 0 Å². The van der Waals surface area contributed by atoms with Gasteiger partial charge in [0, 0.05) is 25.5 Å². The molecule has 0 atom stereocenters. The van der Waals surface area contributed by atoms with Crippen molar-refractivity contribution in [3.05, 3.63) is 36.3 Å². The number of aromatic nitrogens is 2. The number of rotatable bonds is 8. The Morgan fingerprint density at radius 1 is 1.22 bits per heavy atom. The van der Waals surface area contributed by atoms with Crippen molar-refractivity contribution in [1.82, 2.24) is 14.3 Å². The number of carbonyl (C=O) groups is 1. The van der Waals surface area contributed by atoms with Gasteiger partial charge in [-0.25, -0.2) is 13.4 Å². The van der Waals surface area contributed by atoms with Crippen molar-refractivity contribution in [3.63, 3.8) is 0 Å². The van der Waals surface area contributed by atoms with Crippen LogP contribution in [0.15, 0.2) is 30.6 Å². The molecule has 2 aromatic rings. The van der Waals surface area contributed by atoms with E-state index in [1.807, 2.05) is 38.2 Å². The maximum absolute atomic E-state index is 12.3. The Bertz CT molecular complexity index is 729. The third kappa shape index (κ3) is 4.79. The van der Waals surface area contributed by atoms with Crippen LogP contribution in [0, 0.1) is 0 Å². The van der Waals surface area contributed by atoms with E-state index >= 15 is 0 Å². The summed E-state index contributed by atoms with van der Waals surface area (Å²) in [6.07, 6.45) is 5.14. The monoisotopic (exact) mass is 337 g/mol. The van der Waals surface area contributed by atoms with Crippen LogP contribution in [-0.4, -0.2) is 47.5 Å². The summed E-state index contributed by atoms with van der Waals surface area (Å²) in [5.74, 6) is -0.995. The second kappa shape index (κ2) is 7.59. The zero-order valence-corrected chi connectivity index (χ0v) is 14.4. The fraction of sp³-hybridized carbons (Fsp3) is 0.500. The maximum Gasteiger partial charge on any atom is 0.237 e. The van der Waals surface area contributed by atoms with Crippen LogP contribution in [0.4, 0.5) is 0 Å².